The van der Waals surface area contributed by atoms with Gasteiger partial charge in [0.2, 0.25) is 0 Å². The average molecular weight is 242 g/mol. The minimum Gasteiger partial charge on any atom is -0.447 e. The molecule has 100 valence electrons. The van der Waals surface area contributed by atoms with Crippen molar-refractivity contribution in [3.05, 3.63) is 0 Å². The normalized spacial score (nSPS) is 19.1. The molecule has 0 aliphatic carbocycles. The number of amides is 1. The fraction of sp³-hybridized carbons (Fsp3) is 0.923. The molecule has 1 aliphatic rings. The van der Waals surface area contributed by atoms with Gasteiger partial charge in [0.15, 0.2) is 0 Å². The van der Waals surface area contributed by atoms with Crippen LogP contribution in [0.4, 0.5) is 4.79 Å². The van der Waals surface area contributed by atoms with E-state index in [-0.39, 0.29) is 12.2 Å². The van der Waals surface area contributed by atoms with Crippen LogP contribution in [-0.4, -0.2) is 43.3 Å². The first-order chi connectivity index (χ1) is 8.06. The van der Waals surface area contributed by atoms with Gasteiger partial charge in [-0.15, -0.1) is 0 Å². The number of carbonyl (C=O) groups excluding carboxylic acids is 1. The number of piperidine rings is 1. The summed E-state index contributed by atoms with van der Waals surface area (Å²) in [7, 11) is 1.86. The zero-order chi connectivity index (χ0) is 12.8. The molecule has 1 heterocycles. The first-order valence-corrected chi connectivity index (χ1v) is 6.70. The van der Waals surface area contributed by atoms with Crippen LogP contribution in [0.2, 0.25) is 0 Å². The summed E-state index contributed by atoms with van der Waals surface area (Å²) in [6.45, 7) is 8.04. The number of carbonyl (C=O) groups is 1. The van der Waals surface area contributed by atoms with E-state index in [1.807, 2.05) is 20.9 Å². The molecule has 4 heteroatoms. The van der Waals surface area contributed by atoms with Crippen LogP contribution in [0.3, 0.4) is 0 Å². The van der Waals surface area contributed by atoms with Crippen LogP contribution in [0, 0.1) is 5.92 Å². The van der Waals surface area contributed by atoms with Gasteiger partial charge in [-0.2, -0.15) is 0 Å². The van der Waals surface area contributed by atoms with E-state index in [1.165, 1.54) is 0 Å². The lowest BCUT2D eigenvalue weighted by Crippen LogP contribution is -2.45. The van der Waals surface area contributed by atoms with Crippen molar-refractivity contribution < 1.29 is 9.53 Å². The first kappa shape index (κ1) is 14.3. The molecule has 0 saturated carbocycles. The number of nitrogens with one attached hydrogen (secondary N) is 1. The third-order valence-corrected chi connectivity index (χ3v) is 3.47. The number of hydrogen-bond acceptors (Lipinski definition) is 3. The molecule has 1 amide bonds. The highest BCUT2D eigenvalue weighted by molar-refractivity contribution is 5.67. The predicted molar refractivity (Wildman–Crippen MR) is 69.1 cm³/mol. The highest BCUT2D eigenvalue weighted by Crippen LogP contribution is 2.23. The molecule has 1 atom stereocenters. The molecular weight excluding hydrogens is 216 g/mol. The lowest BCUT2D eigenvalue weighted by Gasteiger charge is -2.36. The van der Waals surface area contributed by atoms with Crippen LogP contribution in [0.15, 0.2) is 0 Å². The number of rotatable bonds is 4. The van der Waals surface area contributed by atoms with E-state index in [1.54, 1.807) is 4.90 Å². The Kier molecular flexibility index (Phi) is 5.75. The summed E-state index contributed by atoms with van der Waals surface area (Å²) in [5.74, 6) is 0.603. The van der Waals surface area contributed by atoms with E-state index >= 15 is 0 Å². The molecule has 1 saturated heterocycles. The van der Waals surface area contributed by atoms with E-state index in [0.29, 0.717) is 12.0 Å². The topological polar surface area (TPSA) is 41.6 Å². The van der Waals surface area contributed by atoms with Crippen LogP contribution in [0.5, 0.6) is 0 Å². The van der Waals surface area contributed by atoms with E-state index in [0.717, 1.165) is 32.4 Å². The molecule has 1 unspecified atom stereocenters. The third-order valence-electron chi connectivity index (χ3n) is 3.47. The Morgan fingerprint density at radius 3 is 2.47 bits per heavy atom. The molecule has 0 radical (unpaired) electrons. The smallest absolute Gasteiger partial charge is 0.410 e. The van der Waals surface area contributed by atoms with Gasteiger partial charge in [-0.05, 0) is 52.1 Å². The van der Waals surface area contributed by atoms with Gasteiger partial charge in [0.05, 0.1) is 6.10 Å². The van der Waals surface area contributed by atoms with Crippen molar-refractivity contribution >= 4 is 6.09 Å². The van der Waals surface area contributed by atoms with E-state index < -0.39 is 0 Å². The van der Waals surface area contributed by atoms with E-state index in [9.17, 15) is 4.79 Å². The Bertz CT molecular complexity index is 238. The summed E-state index contributed by atoms with van der Waals surface area (Å²) in [5.41, 5.74) is 0. The Hall–Kier alpha value is -0.770. The molecule has 0 aromatic rings. The standard InChI is InChI=1S/C13H26N2O2/c1-5-12(11-6-8-14-9-7-11)15(4)13(16)17-10(2)3/h10-12,14H,5-9H2,1-4H3. The monoisotopic (exact) mass is 242 g/mol. The molecular formula is C13H26N2O2. The average Bonchev–Trinajstić information content (AvgIpc) is 2.30. The summed E-state index contributed by atoms with van der Waals surface area (Å²) < 4.78 is 5.26. The second-order valence-corrected chi connectivity index (χ2v) is 5.11. The van der Waals surface area contributed by atoms with Crippen molar-refractivity contribution in [2.75, 3.05) is 20.1 Å². The fourth-order valence-corrected chi connectivity index (χ4v) is 2.57. The van der Waals surface area contributed by atoms with Crippen molar-refractivity contribution in [3.63, 3.8) is 0 Å². The summed E-state index contributed by atoms with van der Waals surface area (Å²) in [5, 5.41) is 3.36. The van der Waals surface area contributed by atoms with Crippen molar-refractivity contribution in [2.24, 2.45) is 5.92 Å². The van der Waals surface area contributed by atoms with Crippen LogP contribution in [-0.2, 0) is 4.74 Å². The van der Waals surface area contributed by atoms with Gasteiger partial charge < -0.3 is 15.0 Å². The van der Waals surface area contributed by atoms with Gasteiger partial charge in [0, 0.05) is 13.1 Å². The molecule has 0 aromatic carbocycles. The summed E-state index contributed by atoms with van der Waals surface area (Å²) in [6.07, 6.45) is 3.06. The third kappa shape index (κ3) is 4.19. The Morgan fingerprint density at radius 2 is 2.00 bits per heavy atom. The Labute approximate surface area is 105 Å². The van der Waals surface area contributed by atoms with Crippen molar-refractivity contribution in [1.82, 2.24) is 10.2 Å². The van der Waals surface area contributed by atoms with Crippen LogP contribution in [0.1, 0.15) is 40.0 Å². The summed E-state index contributed by atoms with van der Waals surface area (Å²) in [6, 6.07) is 0.309. The van der Waals surface area contributed by atoms with E-state index in [2.05, 4.69) is 12.2 Å². The van der Waals surface area contributed by atoms with Crippen LogP contribution < -0.4 is 5.32 Å². The zero-order valence-corrected chi connectivity index (χ0v) is 11.5. The van der Waals surface area contributed by atoms with Gasteiger partial charge in [-0.1, -0.05) is 6.92 Å². The maximum atomic E-state index is 11.9. The van der Waals surface area contributed by atoms with Crippen LogP contribution >= 0.6 is 0 Å². The summed E-state index contributed by atoms with van der Waals surface area (Å²) >= 11 is 0. The minimum absolute atomic E-state index is 0.0459. The fourth-order valence-electron chi connectivity index (χ4n) is 2.57. The SMILES string of the molecule is CCC(C1CCNCC1)N(C)C(=O)OC(C)C. The maximum absolute atomic E-state index is 11.9. The quantitative estimate of drug-likeness (QED) is 0.822. The first-order valence-electron chi connectivity index (χ1n) is 6.70. The van der Waals surface area contributed by atoms with Crippen molar-refractivity contribution in [2.45, 2.75) is 52.2 Å². The maximum Gasteiger partial charge on any atom is 0.410 e. The second kappa shape index (κ2) is 6.84. The van der Waals surface area contributed by atoms with Crippen LogP contribution in [0.25, 0.3) is 0 Å². The van der Waals surface area contributed by atoms with E-state index in [4.69, 9.17) is 4.74 Å². The molecule has 0 spiro atoms. The van der Waals surface area contributed by atoms with Crippen molar-refractivity contribution in [1.29, 1.82) is 0 Å². The number of nitrogens with zero attached hydrogens (tertiary/aromatic N) is 1. The number of ether oxygens (including phenoxy) is 1. The van der Waals surface area contributed by atoms with Gasteiger partial charge in [0.1, 0.15) is 0 Å². The molecule has 1 fully saturated rings. The number of hydrogen-bond donors (Lipinski definition) is 1. The van der Waals surface area contributed by atoms with Gasteiger partial charge in [-0.3, -0.25) is 0 Å². The lowest BCUT2D eigenvalue weighted by atomic mass is 9.88. The molecule has 4 nitrogen and oxygen atoms in total. The Balaban J connectivity index is 2.55. The molecule has 1 aliphatic heterocycles. The largest absolute Gasteiger partial charge is 0.447 e. The molecule has 0 bridgehead atoms. The summed E-state index contributed by atoms with van der Waals surface area (Å²) in [4.78, 5) is 13.7. The highest BCUT2D eigenvalue weighted by atomic mass is 16.6. The molecule has 1 N–H and O–H groups in total. The van der Waals surface area contributed by atoms with Gasteiger partial charge in [-0.25, -0.2) is 4.79 Å². The molecule has 17 heavy (non-hydrogen) atoms. The second-order valence-electron chi connectivity index (χ2n) is 5.11. The zero-order valence-electron chi connectivity index (χ0n) is 11.5. The van der Waals surface area contributed by atoms with Crippen molar-refractivity contribution in [3.8, 4) is 0 Å². The molecule has 1 rings (SSSR count). The molecule has 0 aromatic heterocycles. The Morgan fingerprint density at radius 1 is 1.41 bits per heavy atom. The minimum atomic E-state index is -0.189. The lowest BCUT2D eigenvalue weighted by molar-refractivity contribution is 0.0574. The predicted octanol–water partition coefficient (Wildman–Crippen LogP) is 2.24. The van der Waals surface area contributed by atoms with Gasteiger partial charge in [0.25, 0.3) is 0 Å². The van der Waals surface area contributed by atoms with Gasteiger partial charge >= 0.3 is 6.09 Å². The highest BCUT2D eigenvalue weighted by Gasteiger charge is 2.29.